The third-order valence-corrected chi connectivity index (χ3v) is 4.54. The predicted molar refractivity (Wildman–Crippen MR) is 88.2 cm³/mol. The van der Waals surface area contributed by atoms with Gasteiger partial charge in [-0.25, -0.2) is 4.79 Å². The van der Waals surface area contributed by atoms with Gasteiger partial charge in [-0.2, -0.15) is 0 Å². The summed E-state index contributed by atoms with van der Waals surface area (Å²) in [5.41, 5.74) is 0. The molecule has 0 spiro atoms. The van der Waals surface area contributed by atoms with E-state index in [0.29, 0.717) is 11.8 Å². The molecule has 1 amide bonds. The molecule has 0 aliphatic carbocycles. The molecule has 1 rings (SSSR count). The van der Waals surface area contributed by atoms with Gasteiger partial charge in [-0.1, -0.05) is 50.7 Å². The molecule has 0 bridgehead atoms. The Kier molecular flexibility index (Phi) is 8.16. The molecule has 1 aliphatic heterocycles. The van der Waals surface area contributed by atoms with Crippen LogP contribution in [0.1, 0.15) is 6.42 Å². The molecule has 1 aliphatic rings. The molecule has 1 heterocycles. The molecule has 0 aromatic heterocycles. The first-order valence-corrected chi connectivity index (χ1v) is 8.75. The number of carbonyl (C=O) groups excluding carboxylic acids is 2. The van der Waals surface area contributed by atoms with Crippen molar-refractivity contribution >= 4 is 62.8 Å². The zero-order valence-electron chi connectivity index (χ0n) is 12.4. The summed E-state index contributed by atoms with van der Waals surface area (Å²) in [5.74, 6) is -1.65. The lowest BCUT2D eigenvalue weighted by molar-refractivity contribution is -0.202. The van der Waals surface area contributed by atoms with Gasteiger partial charge in [0.15, 0.2) is 5.79 Å². The molecule has 0 radical (unpaired) electrons. The lowest BCUT2D eigenvalue weighted by Crippen LogP contribution is -2.62. The average Bonchev–Trinajstić information content (AvgIpc) is 2.49. The third-order valence-electron chi connectivity index (χ3n) is 3.36. The first-order chi connectivity index (χ1) is 10.7. The predicted octanol–water partition coefficient (Wildman–Crippen LogP) is 2.40. The number of halogens is 4. The van der Waals surface area contributed by atoms with Gasteiger partial charge in [-0.05, 0) is 0 Å². The molecular formula is C12H17BrCl3NO6. The maximum atomic E-state index is 11.6. The number of amides is 1. The van der Waals surface area contributed by atoms with Crippen molar-refractivity contribution in [1.82, 2.24) is 5.32 Å². The van der Waals surface area contributed by atoms with Crippen LogP contribution in [0.3, 0.4) is 0 Å². The molecule has 11 heteroatoms. The van der Waals surface area contributed by atoms with Gasteiger partial charge in [0.05, 0.1) is 11.2 Å². The van der Waals surface area contributed by atoms with E-state index < -0.39 is 28.3 Å². The largest absolute Gasteiger partial charge is 0.508 e. The van der Waals surface area contributed by atoms with E-state index in [1.165, 1.54) is 14.2 Å². The van der Waals surface area contributed by atoms with Crippen LogP contribution in [-0.2, 0) is 23.7 Å². The smallest absolute Gasteiger partial charge is 0.433 e. The number of nitrogens with one attached hydrogen (secondary N) is 1. The van der Waals surface area contributed by atoms with E-state index in [1.54, 1.807) is 0 Å². The van der Waals surface area contributed by atoms with Crippen LogP contribution < -0.4 is 5.32 Å². The van der Waals surface area contributed by atoms with Crippen LogP contribution in [0.15, 0.2) is 0 Å². The van der Waals surface area contributed by atoms with E-state index in [9.17, 15) is 9.59 Å². The number of β-lactam (4-membered cyclic amide) rings is 1. The lowest BCUT2D eigenvalue weighted by atomic mass is 9.86. The molecule has 134 valence electrons. The average molecular weight is 458 g/mol. The number of carbonyl (C=O) groups is 2. The fourth-order valence-electron chi connectivity index (χ4n) is 1.95. The van der Waals surface area contributed by atoms with Crippen LogP contribution in [0.25, 0.3) is 0 Å². The Morgan fingerprint density at radius 3 is 2.30 bits per heavy atom. The van der Waals surface area contributed by atoms with E-state index in [-0.39, 0.29) is 18.6 Å². The summed E-state index contributed by atoms with van der Waals surface area (Å²) in [7, 11) is 3.01. The second-order valence-electron chi connectivity index (χ2n) is 4.84. The van der Waals surface area contributed by atoms with Gasteiger partial charge in [-0.3, -0.25) is 4.79 Å². The summed E-state index contributed by atoms with van der Waals surface area (Å²) in [4.78, 5) is 23.0. The SMILES string of the molecule is COC(CBr)(C[C@@H]1NC(=O)[C@H]1COC(=O)OCC(Cl)(Cl)Cl)OC. The Balaban J connectivity index is 2.46. The Hall–Kier alpha value is 0.01000. The van der Waals surface area contributed by atoms with Gasteiger partial charge in [0, 0.05) is 26.7 Å². The monoisotopic (exact) mass is 455 g/mol. The van der Waals surface area contributed by atoms with E-state index in [2.05, 4.69) is 26.0 Å². The number of hydrogen-bond donors (Lipinski definition) is 1. The van der Waals surface area contributed by atoms with Crippen molar-refractivity contribution < 1.29 is 28.5 Å². The second kappa shape index (κ2) is 8.92. The summed E-state index contributed by atoms with van der Waals surface area (Å²) >= 11 is 19.6. The summed E-state index contributed by atoms with van der Waals surface area (Å²) in [5, 5.41) is 3.13. The minimum Gasteiger partial charge on any atom is -0.433 e. The first-order valence-electron chi connectivity index (χ1n) is 6.49. The topological polar surface area (TPSA) is 83.1 Å². The maximum Gasteiger partial charge on any atom is 0.508 e. The molecule has 23 heavy (non-hydrogen) atoms. The van der Waals surface area contributed by atoms with Gasteiger partial charge < -0.3 is 24.3 Å². The fourth-order valence-corrected chi connectivity index (χ4v) is 2.80. The second-order valence-corrected chi connectivity index (χ2v) is 7.92. The quantitative estimate of drug-likeness (QED) is 0.261. The zero-order chi connectivity index (χ0) is 17.7. The highest BCUT2D eigenvalue weighted by molar-refractivity contribution is 9.09. The van der Waals surface area contributed by atoms with Crippen LogP contribution in [-0.4, -0.2) is 60.4 Å². The van der Waals surface area contributed by atoms with Gasteiger partial charge in [0.2, 0.25) is 9.70 Å². The molecule has 0 unspecified atom stereocenters. The molecule has 1 N–H and O–H groups in total. The highest BCUT2D eigenvalue weighted by Gasteiger charge is 2.45. The highest BCUT2D eigenvalue weighted by Crippen LogP contribution is 2.29. The van der Waals surface area contributed by atoms with Crippen LogP contribution >= 0.6 is 50.7 Å². The Morgan fingerprint density at radius 2 is 1.87 bits per heavy atom. The summed E-state index contributed by atoms with van der Waals surface area (Å²) in [6, 6.07) is -0.263. The standard InChI is InChI=1S/C12H17BrCl3NO6/c1-20-11(5-13,21-2)3-8-7(9(18)17-8)4-22-10(19)23-6-12(14,15)16/h7-8H,3-6H2,1-2H3,(H,17,18)/t7-,8-/m0/s1. The molecule has 0 saturated carbocycles. The zero-order valence-corrected chi connectivity index (χ0v) is 16.3. The molecule has 2 atom stereocenters. The van der Waals surface area contributed by atoms with Gasteiger partial charge in [0.25, 0.3) is 0 Å². The number of alkyl halides is 4. The van der Waals surface area contributed by atoms with Crippen LogP contribution in [0.5, 0.6) is 0 Å². The number of methoxy groups -OCH3 is 2. The van der Waals surface area contributed by atoms with Crippen molar-refractivity contribution in [3.8, 4) is 0 Å². The van der Waals surface area contributed by atoms with Gasteiger partial charge in [-0.15, -0.1) is 0 Å². The molecule has 0 aromatic rings. The van der Waals surface area contributed by atoms with Gasteiger partial charge in [0.1, 0.15) is 13.2 Å². The van der Waals surface area contributed by atoms with Crippen molar-refractivity contribution in [3.63, 3.8) is 0 Å². The van der Waals surface area contributed by atoms with E-state index in [0.717, 1.165) is 0 Å². The number of rotatable bonds is 8. The van der Waals surface area contributed by atoms with Crippen LogP contribution in [0, 0.1) is 5.92 Å². The molecule has 1 saturated heterocycles. The minimum atomic E-state index is -1.72. The van der Waals surface area contributed by atoms with Gasteiger partial charge >= 0.3 is 6.16 Å². The Bertz CT molecular complexity index is 421. The van der Waals surface area contributed by atoms with Crippen LogP contribution in [0.4, 0.5) is 4.79 Å². The normalized spacial score (nSPS) is 21.4. The summed E-state index contributed by atoms with van der Waals surface area (Å²) in [6.07, 6.45) is -0.631. The third kappa shape index (κ3) is 6.43. The summed E-state index contributed by atoms with van der Waals surface area (Å²) in [6.45, 7) is -0.599. The molecule has 0 aromatic carbocycles. The van der Waals surface area contributed by atoms with Crippen molar-refractivity contribution in [3.05, 3.63) is 0 Å². The van der Waals surface area contributed by atoms with E-state index in [4.69, 9.17) is 49.0 Å². The minimum absolute atomic E-state index is 0.152. The number of ether oxygens (including phenoxy) is 4. The van der Waals surface area contributed by atoms with Crippen LogP contribution in [0.2, 0.25) is 0 Å². The highest BCUT2D eigenvalue weighted by atomic mass is 79.9. The summed E-state index contributed by atoms with van der Waals surface area (Å²) < 4.78 is 18.4. The van der Waals surface area contributed by atoms with Crippen molar-refractivity contribution in [2.75, 3.05) is 32.8 Å². The molecule has 1 fully saturated rings. The first kappa shape index (κ1) is 21.1. The van der Waals surface area contributed by atoms with Crippen molar-refractivity contribution in [2.45, 2.75) is 22.0 Å². The molecular weight excluding hydrogens is 440 g/mol. The number of hydrogen-bond acceptors (Lipinski definition) is 6. The lowest BCUT2D eigenvalue weighted by Gasteiger charge is -2.41. The van der Waals surface area contributed by atoms with Crippen molar-refractivity contribution in [2.24, 2.45) is 5.92 Å². The maximum absolute atomic E-state index is 11.6. The van der Waals surface area contributed by atoms with E-state index >= 15 is 0 Å². The Morgan fingerprint density at radius 1 is 1.26 bits per heavy atom. The Labute approximate surface area is 157 Å². The van der Waals surface area contributed by atoms with E-state index in [1.807, 2.05) is 0 Å². The van der Waals surface area contributed by atoms with Crippen molar-refractivity contribution in [1.29, 1.82) is 0 Å². The molecule has 7 nitrogen and oxygen atoms in total. The fraction of sp³-hybridized carbons (Fsp3) is 0.833.